The predicted molar refractivity (Wildman–Crippen MR) is 184 cm³/mol. The Hall–Kier alpha value is -3.50. The number of hydrogen-bond acceptors (Lipinski definition) is 9. The second-order valence-electron chi connectivity index (χ2n) is 12.4. The Morgan fingerprint density at radius 3 is 2.42 bits per heavy atom. The topological polar surface area (TPSA) is 111 Å². The van der Waals surface area contributed by atoms with Gasteiger partial charge in [-0.1, -0.05) is 48.0 Å². The third-order valence-corrected chi connectivity index (χ3v) is 11.0. The first-order chi connectivity index (χ1) is 23.3. The first-order valence-electron chi connectivity index (χ1n) is 16.6. The molecule has 5 rings (SSSR count). The monoisotopic (exact) mass is 677 g/mol. The van der Waals surface area contributed by atoms with Crippen LogP contribution in [-0.4, -0.2) is 85.2 Å². The number of hydrogen-bond donors (Lipinski definition) is 0. The van der Waals surface area contributed by atoms with Crippen molar-refractivity contribution in [2.24, 2.45) is 0 Å². The molecule has 3 aromatic rings. The summed E-state index contributed by atoms with van der Waals surface area (Å²) in [6.45, 7) is 6.85. The molecule has 48 heavy (non-hydrogen) atoms. The van der Waals surface area contributed by atoms with Gasteiger partial charge in [0.05, 0.1) is 62.1 Å². The van der Waals surface area contributed by atoms with Crippen molar-refractivity contribution in [1.82, 2.24) is 4.31 Å². The van der Waals surface area contributed by atoms with Crippen LogP contribution < -0.4 is 9.64 Å². The average Bonchev–Trinajstić information content (AvgIpc) is 3.10. The van der Waals surface area contributed by atoms with Gasteiger partial charge in [0.15, 0.2) is 0 Å². The van der Waals surface area contributed by atoms with E-state index in [0.717, 1.165) is 53.2 Å². The summed E-state index contributed by atoms with van der Waals surface area (Å²) in [6, 6.07) is 22.9. The first kappa shape index (κ1) is 35.8. The zero-order valence-corrected chi connectivity index (χ0v) is 29.0. The maximum atomic E-state index is 14.1. The number of aryl methyl sites for hydroxylation is 1. The molecule has 0 spiro atoms. The molecule has 0 aromatic heterocycles. The van der Waals surface area contributed by atoms with Gasteiger partial charge >= 0.3 is 0 Å². The fourth-order valence-corrected chi connectivity index (χ4v) is 8.05. The highest BCUT2D eigenvalue weighted by atomic mass is 32.2. The largest absolute Gasteiger partial charge is 0.490 e. The maximum Gasteiger partial charge on any atom is 0.243 e. The van der Waals surface area contributed by atoms with Crippen molar-refractivity contribution in [3.05, 3.63) is 89.0 Å². The highest BCUT2D eigenvalue weighted by molar-refractivity contribution is 7.89. The molecule has 0 saturated carbocycles. The van der Waals surface area contributed by atoms with Gasteiger partial charge in [-0.25, -0.2) is 8.42 Å². The lowest BCUT2D eigenvalue weighted by atomic mass is 9.83. The van der Waals surface area contributed by atoms with Crippen LogP contribution in [-0.2, 0) is 42.2 Å². The molecule has 0 amide bonds. The number of piperidine rings is 1. The Labute approximate surface area is 285 Å². The van der Waals surface area contributed by atoms with Gasteiger partial charge < -0.3 is 28.6 Å². The number of fused-ring (bicyclic) bond motifs is 1. The van der Waals surface area contributed by atoms with Crippen LogP contribution in [0.2, 0.25) is 0 Å². The Morgan fingerprint density at radius 2 is 1.69 bits per heavy atom. The van der Waals surface area contributed by atoms with E-state index < -0.39 is 22.2 Å². The molecular weight excluding hydrogens is 630 g/mol. The predicted octanol–water partition coefficient (Wildman–Crippen LogP) is 5.44. The summed E-state index contributed by atoms with van der Waals surface area (Å²) in [5.41, 5.74) is 5.05. The fraction of sp³-hybridized carbons (Fsp3) is 0.486. The van der Waals surface area contributed by atoms with Crippen LogP contribution in [0.3, 0.4) is 0 Å². The molecule has 1 saturated heterocycles. The van der Waals surface area contributed by atoms with Gasteiger partial charge in [-0.05, 0) is 60.7 Å². The number of anilines is 1. The van der Waals surface area contributed by atoms with Crippen LogP contribution in [0.4, 0.5) is 5.69 Å². The lowest BCUT2D eigenvalue weighted by Gasteiger charge is -2.42. The number of nitriles is 1. The van der Waals surface area contributed by atoms with Crippen LogP contribution >= 0.6 is 0 Å². The first-order valence-corrected chi connectivity index (χ1v) is 18.0. The van der Waals surface area contributed by atoms with Crippen LogP contribution in [0.1, 0.15) is 47.4 Å². The highest BCUT2D eigenvalue weighted by Gasteiger charge is 2.43. The molecule has 3 aromatic carbocycles. The molecular formula is C37H47N3O7S. The van der Waals surface area contributed by atoms with E-state index in [-0.39, 0.29) is 23.8 Å². The molecule has 0 aliphatic carbocycles. The molecule has 0 bridgehead atoms. The minimum atomic E-state index is -3.88. The Bertz CT molecular complexity index is 1610. The molecule has 10 nitrogen and oxygen atoms in total. The van der Waals surface area contributed by atoms with Gasteiger partial charge in [0.1, 0.15) is 12.4 Å². The second-order valence-corrected chi connectivity index (χ2v) is 14.3. The third-order valence-electron chi connectivity index (χ3n) is 9.03. The van der Waals surface area contributed by atoms with Crippen LogP contribution in [0.5, 0.6) is 5.75 Å². The Morgan fingerprint density at radius 1 is 0.938 bits per heavy atom. The summed E-state index contributed by atoms with van der Waals surface area (Å²) in [5, 5.41) is 9.78. The van der Waals surface area contributed by atoms with E-state index in [4.69, 9.17) is 23.7 Å². The van der Waals surface area contributed by atoms with Crippen molar-refractivity contribution in [3.8, 4) is 11.8 Å². The van der Waals surface area contributed by atoms with Gasteiger partial charge in [0.2, 0.25) is 10.0 Å². The number of nitrogens with zero attached hydrogens (tertiary/aromatic N) is 3. The van der Waals surface area contributed by atoms with Gasteiger partial charge in [0, 0.05) is 45.9 Å². The molecule has 2 aliphatic rings. The van der Waals surface area contributed by atoms with Crippen LogP contribution in [0.25, 0.3) is 0 Å². The molecule has 258 valence electrons. The normalized spacial score (nSPS) is 19.8. The molecule has 11 heteroatoms. The number of methoxy groups -OCH3 is 2. The zero-order valence-electron chi connectivity index (χ0n) is 28.2. The van der Waals surface area contributed by atoms with Crippen molar-refractivity contribution in [3.63, 3.8) is 0 Å². The lowest BCUT2D eigenvalue weighted by Crippen LogP contribution is -2.52. The summed E-state index contributed by atoms with van der Waals surface area (Å²) in [6.07, 6.45) is 1.00. The van der Waals surface area contributed by atoms with Gasteiger partial charge in [0.25, 0.3) is 0 Å². The summed E-state index contributed by atoms with van der Waals surface area (Å²) in [5.74, 6) is 0.724. The van der Waals surface area contributed by atoms with Gasteiger partial charge in [-0.2, -0.15) is 9.57 Å². The minimum Gasteiger partial charge on any atom is -0.490 e. The van der Waals surface area contributed by atoms with Gasteiger partial charge in [-0.3, -0.25) is 0 Å². The average molecular weight is 678 g/mol. The van der Waals surface area contributed by atoms with Crippen molar-refractivity contribution in [2.75, 3.05) is 65.2 Å². The highest BCUT2D eigenvalue weighted by Crippen LogP contribution is 2.39. The molecule has 3 atom stereocenters. The zero-order chi connectivity index (χ0) is 33.9. The lowest BCUT2D eigenvalue weighted by molar-refractivity contribution is -0.0192. The quantitative estimate of drug-likeness (QED) is 0.183. The molecule has 1 fully saturated rings. The van der Waals surface area contributed by atoms with E-state index in [1.165, 1.54) is 4.31 Å². The molecule has 0 radical (unpaired) electrons. The van der Waals surface area contributed by atoms with E-state index in [1.807, 2.05) is 31.2 Å². The number of ether oxygens (including phenoxy) is 5. The van der Waals surface area contributed by atoms with E-state index in [0.29, 0.717) is 46.1 Å². The number of sulfonamides is 1. The van der Waals surface area contributed by atoms with E-state index >= 15 is 0 Å². The minimum absolute atomic E-state index is 0.0868. The van der Waals surface area contributed by atoms with Crippen molar-refractivity contribution in [1.29, 1.82) is 5.26 Å². The second kappa shape index (κ2) is 17.2. The SMILES string of the molecule is COCCCN1CCOc2ccc(CO[C@H]3CN(S(=O)(=O)c4ccc(C)cc4)[C@@H](CC#N)C[C@@H]3c3ccc(COCCOC)cc3)cc21. The van der Waals surface area contributed by atoms with Crippen molar-refractivity contribution < 1.29 is 32.1 Å². The van der Waals surface area contributed by atoms with Crippen LogP contribution in [0.15, 0.2) is 71.6 Å². The molecule has 0 N–H and O–H groups in total. The number of rotatable bonds is 16. The molecule has 0 unspecified atom stereocenters. The Kier molecular flexibility index (Phi) is 12.9. The van der Waals surface area contributed by atoms with E-state index in [9.17, 15) is 13.7 Å². The van der Waals surface area contributed by atoms with Gasteiger partial charge in [-0.15, -0.1) is 0 Å². The Balaban J connectivity index is 1.40. The molecule has 2 aliphatic heterocycles. The maximum absolute atomic E-state index is 14.1. The summed E-state index contributed by atoms with van der Waals surface area (Å²) < 4.78 is 58.2. The third kappa shape index (κ3) is 8.94. The number of benzene rings is 3. The van der Waals surface area contributed by atoms with Crippen molar-refractivity contribution >= 4 is 15.7 Å². The summed E-state index contributed by atoms with van der Waals surface area (Å²) in [7, 11) is -0.524. The van der Waals surface area contributed by atoms with Crippen molar-refractivity contribution in [2.45, 2.75) is 62.4 Å². The van der Waals surface area contributed by atoms with Crippen LogP contribution in [0, 0.1) is 18.3 Å². The van der Waals surface area contributed by atoms with E-state index in [2.05, 4.69) is 29.2 Å². The smallest absolute Gasteiger partial charge is 0.243 e. The summed E-state index contributed by atoms with van der Waals surface area (Å²) in [4.78, 5) is 2.53. The summed E-state index contributed by atoms with van der Waals surface area (Å²) >= 11 is 0. The molecule has 2 heterocycles. The van der Waals surface area contributed by atoms with E-state index in [1.54, 1.807) is 38.5 Å². The fourth-order valence-electron chi connectivity index (χ4n) is 6.40. The standard InChI is InChI=1S/C37H47N3O7S/c1-28-5-12-33(13-6-28)48(41,42)40-25-37(47-27-30-9-14-36-35(23-30)39(18-20-46-36)17-4-19-43-2)34(24-32(40)15-16-38)31-10-7-29(8-11-31)26-45-22-21-44-3/h5-14,23,32,34,37H,4,15,17-22,24-27H2,1-3H3/t32-,34+,37-/m0/s1.